The average Bonchev–Trinajstić information content (AvgIpc) is 2.55. The second kappa shape index (κ2) is 8.33. The Morgan fingerprint density at radius 3 is 2.57 bits per heavy atom. The van der Waals surface area contributed by atoms with Crippen LogP contribution in [0.1, 0.15) is 5.56 Å². The lowest BCUT2D eigenvalue weighted by molar-refractivity contribution is -0.131. The van der Waals surface area contributed by atoms with E-state index in [1.165, 1.54) is 16.7 Å². The van der Waals surface area contributed by atoms with E-state index in [0.717, 1.165) is 10.5 Å². The van der Waals surface area contributed by atoms with E-state index >= 15 is 0 Å². The molecule has 2 aromatic rings. The quantitative estimate of drug-likeness (QED) is 0.828. The summed E-state index contributed by atoms with van der Waals surface area (Å²) in [4.78, 5) is 30.5. The zero-order valence-electron chi connectivity index (χ0n) is 13.2. The molecule has 6 heteroatoms. The number of nitrogens with zero attached hydrogens (tertiary/aromatic N) is 2. The lowest BCUT2D eigenvalue weighted by Gasteiger charge is -2.16. The number of benzene rings is 1. The second-order valence-corrected chi connectivity index (χ2v) is 6.17. The third kappa shape index (κ3) is 5.75. The van der Waals surface area contributed by atoms with Gasteiger partial charge in [0.25, 0.3) is 0 Å². The summed E-state index contributed by atoms with van der Waals surface area (Å²) in [5.41, 5.74) is 1.02. The van der Waals surface area contributed by atoms with Crippen molar-refractivity contribution in [2.24, 2.45) is 0 Å². The van der Waals surface area contributed by atoms with Crippen molar-refractivity contribution in [3.05, 3.63) is 54.2 Å². The predicted octanol–water partition coefficient (Wildman–Crippen LogP) is 2.58. The second-order valence-electron chi connectivity index (χ2n) is 5.12. The van der Waals surface area contributed by atoms with Crippen molar-refractivity contribution >= 4 is 29.4 Å². The zero-order valence-corrected chi connectivity index (χ0v) is 14.0. The maximum atomic E-state index is 12.1. The Labute approximate surface area is 140 Å². The summed E-state index contributed by atoms with van der Waals surface area (Å²) in [6.07, 6.45) is 1.68. The first-order valence-corrected chi connectivity index (χ1v) is 8.17. The molecule has 1 aromatic heterocycles. The number of carbonyl (C=O) groups is 2. The van der Waals surface area contributed by atoms with Gasteiger partial charge in [-0.15, -0.1) is 11.8 Å². The van der Waals surface area contributed by atoms with Crippen molar-refractivity contribution < 1.29 is 9.59 Å². The van der Waals surface area contributed by atoms with Crippen molar-refractivity contribution in [2.45, 2.75) is 11.8 Å². The summed E-state index contributed by atoms with van der Waals surface area (Å²) in [5.74, 6) is 0.434. The summed E-state index contributed by atoms with van der Waals surface area (Å²) in [6, 6.07) is 13.3. The van der Waals surface area contributed by atoms with E-state index in [-0.39, 0.29) is 18.4 Å². The molecule has 0 atom stereocenters. The van der Waals surface area contributed by atoms with Gasteiger partial charge in [-0.1, -0.05) is 24.3 Å². The fourth-order valence-corrected chi connectivity index (χ4v) is 2.66. The maximum Gasteiger partial charge on any atom is 0.245 e. The third-order valence-electron chi connectivity index (χ3n) is 3.09. The highest BCUT2D eigenvalue weighted by molar-refractivity contribution is 8.00. The van der Waals surface area contributed by atoms with Gasteiger partial charge in [-0.3, -0.25) is 9.59 Å². The first-order chi connectivity index (χ1) is 11.0. The number of anilines is 1. The van der Waals surface area contributed by atoms with Crippen molar-refractivity contribution in [2.75, 3.05) is 24.7 Å². The van der Waals surface area contributed by atoms with Crippen LogP contribution in [-0.2, 0) is 9.59 Å². The number of pyridine rings is 1. The highest BCUT2D eigenvalue weighted by atomic mass is 32.2. The molecule has 23 heavy (non-hydrogen) atoms. The highest BCUT2D eigenvalue weighted by Gasteiger charge is 2.13. The summed E-state index contributed by atoms with van der Waals surface area (Å²) >= 11 is 1.45. The lowest BCUT2D eigenvalue weighted by Crippen LogP contribution is -2.36. The van der Waals surface area contributed by atoms with Crippen molar-refractivity contribution in [1.82, 2.24) is 9.88 Å². The molecule has 0 aliphatic carbocycles. The SMILES string of the molecule is Cc1ccc(NC(=O)CN(C)C(=O)CSc2ccccc2)nc1. The van der Waals surface area contributed by atoms with Gasteiger partial charge in [-0.2, -0.15) is 0 Å². The van der Waals surface area contributed by atoms with Gasteiger partial charge in [0.2, 0.25) is 11.8 Å². The molecule has 0 saturated heterocycles. The van der Waals surface area contributed by atoms with Gasteiger partial charge >= 0.3 is 0 Å². The monoisotopic (exact) mass is 329 g/mol. The number of aryl methyl sites for hydroxylation is 1. The van der Waals surface area contributed by atoms with Crippen molar-refractivity contribution in [3.8, 4) is 0 Å². The average molecular weight is 329 g/mol. The van der Waals surface area contributed by atoms with Gasteiger partial charge in [-0.05, 0) is 30.7 Å². The highest BCUT2D eigenvalue weighted by Crippen LogP contribution is 2.17. The number of amides is 2. The first-order valence-electron chi connectivity index (χ1n) is 7.19. The van der Waals surface area contributed by atoms with Crippen LogP contribution in [0.5, 0.6) is 0 Å². The predicted molar refractivity (Wildman–Crippen MR) is 92.4 cm³/mol. The van der Waals surface area contributed by atoms with Crippen LogP contribution in [0.4, 0.5) is 5.82 Å². The molecule has 5 nitrogen and oxygen atoms in total. The minimum Gasteiger partial charge on any atom is -0.336 e. The van der Waals surface area contributed by atoms with Crippen LogP contribution in [0.2, 0.25) is 0 Å². The number of rotatable bonds is 6. The Kier molecular flexibility index (Phi) is 6.17. The molecular formula is C17H19N3O2S. The van der Waals surface area contributed by atoms with Crippen LogP contribution in [0, 0.1) is 6.92 Å². The molecular weight excluding hydrogens is 310 g/mol. The number of hydrogen-bond acceptors (Lipinski definition) is 4. The van der Waals surface area contributed by atoms with Crippen LogP contribution in [0.25, 0.3) is 0 Å². The van der Waals surface area contributed by atoms with Gasteiger partial charge in [0.05, 0.1) is 12.3 Å². The standard InChI is InChI=1S/C17H19N3O2S/c1-13-8-9-15(18-10-13)19-16(21)11-20(2)17(22)12-23-14-6-4-3-5-7-14/h3-10H,11-12H2,1-2H3,(H,18,19,21). The van der Waals surface area contributed by atoms with Crippen LogP contribution < -0.4 is 5.32 Å². The smallest absolute Gasteiger partial charge is 0.245 e. The molecule has 2 amide bonds. The molecule has 1 aromatic carbocycles. The number of aromatic nitrogens is 1. The molecule has 0 aliphatic rings. The maximum absolute atomic E-state index is 12.1. The van der Waals surface area contributed by atoms with Crippen LogP contribution >= 0.6 is 11.8 Å². The van der Waals surface area contributed by atoms with E-state index in [9.17, 15) is 9.59 Å². The van der Waals surface area contributed by atoms with E-state index in [2.05, 4.69) is 10.3 Å². The Morgan fingerprint density at radius 2 is 1.91 bits per heavy atom. The Bertz CT molecular complexity index is 659. The molecule has 0 fully saturated rings. The largest absolute Gasteiger partial charge is 0.336 e. The fraction of sp³-hybridized carbons (Fsp3) is 0.235. The summed E-state index contributed by atoms with van der Waals surface area (Å²) in [5, 5.41) is 2.68. The molecule has 2 rings (SSSR count). The third-order valence-corrected chi connectivity index (χ3v) is 4.09. The van der Waals surface area contributed by atoms with E-state index < -0.39 is 0 Å². The molecule has 0 bridgehead atoms. The molecule has 0 unspecified atom stereocenters. The molecule has 120 valence electrons. The number of likely N-dealkylation sites (N-methyl/N-ethyl adjacent to an activating group) is 1. The van der Waals surface area contributed by atoms with E-state index in [0.29, 0.717) is 11.6 Å². The molecule has 0 radical (unpaired) electrons. The number of hydrogen-bond donors (Lipinski definition) is 1. The Morgan fingerprint density at radius 1 is 1.17 bits per heavy atom. The minimum absolute atomic E-state index is 0.00371. The Balaban J connectivity index is 1.78. The fourth-order valence-electron chi connectivity index (χ4n) is 1.80. The lowest BCUT2D eigenvalue weighted by atomic mass is 10.3. The van der Waals surface area contributed by atoms with Crippen molar-refractivity contribution in [3.63, 3.8) is 0 Å². The number of nitrogens with one attached hydrogen (secondary N) is 1. The molecule has 1 heterocycles. The molecule has 0 saturated carbocycles. The number of carbonyl (C=O) groups excluding carboxylic acids is 2. The van der Waals surface area contributed by atoms with E-state index in [1.54, 1.807) is 19.3 Å². The van der Waals surface area contributed by atoms with Gasteiger partial charge in [0.1, 0.15) is 5.82 Å². The molecule has 0 aliphatic heterocycles. The summed E-state index contributed by atoms with van der Waals surface area (Å²) < 4.78 is 0. The van der Waals surface area contributed by atoms with Gasteiger partial charge < -0.3 is 10.2 Å². The normalized spacial score (nSPS) is 10.2. The summed E-state index contributed by atoms with van der Waals surface area (Å²) in [6.45, 7) is 1.93. The van der Waals surface area contributed by atoms with E-state index in [4.69, 9.17) is 0 Å². The van der Waals surface area contributed by atoms with Crippen LogP contribution in [0.3, 0.4) is 0 Å². The zero-order chi connectivity index (χ0) is 16.7. The van der Waals surface area contributed by atoms with Crippen LogP contribution in [-0.4, -0.2) is 41.0 Å². The molecule has 1 N–H and O–H groups in total. The van der Waals surface area contributed by atoms with Gasteiger partial charge in [0, 0.05) is 18.1 Å². The molecule has 0 spiro atoms. The van der Waals surface area contributed by atoms with Gasteiger partial charge in [-0.25, -0.2) is 4.98 Å². The first kappa shape index (κ1) is 17.0. The van der Waals surface area contributed by atoms with Gasteiger partial charge in [0.15, 0.2) is 0 Å². The van der Waals surface area contributed by atoms with Crippen molar-refractivity contribution in [1.29, 1.82) is 0 Å². The Hall–Kier alpha value is -2.34. The number of thioether (sulfide) groups is 1. The summed E-state index contributed by atoms with van der Waals surface area (Å²) in [7, 11) is 1.62. The topological polar surface area (TPSA) is 62.3 Å². The van der Waals surface area contributed by atoms with Crippen LogP contribution in [0.15, 0.2) is 53.6 Å². The minimum atomic E-state index is -0.262. The van der Waals surface area contributed by atoms with E-state index in [1.807, 2.05) is 43.3 Å².